The molecule has 0 radical (unpaired) electrons. The predicted molar refractivity (Wildman–Crippen MR) is 89.6 cm³/mol. The summed E-state index contributed by atoms with van der Waals surface area (Å²) in [6.07, 6.45) is 1.47. The molecular formula is C17H25N3O3. The van der Waals surface area contributed by atoms with Gasteiger partial charge in [-0.25, -0.2) is 9.59 Å². The van der Waals surface area contributed by atoms with Crippen LogP contribution in [0.2, 0.25) is 0 Å². The van der Waals surface area contributed by atoms with E-state index in [1.807, 2.05) is 26.0 Å². The summed E-state index contributed by atoms with van der Waals surface area (Å²) in [4.78, 5) is 25.1. The predicted octanol–water partition coefficient (Wildman–Crippen LogP) is 2.90. The number of piperidine rings is 1. The molecule has 0 aliphatic carbocycles. The number of anilines is 1. The molecule has 23 heavy (non-hydrogen) atoms. The summed E-state index contributed by atoms with van der Waals surface area (Å²) in [6, 6.07) is 5.77. The Morgan fingerprint density at radius 2 is 1.78 bits per heavy atom. The molecule has 126 valence electrons. The monoisotopic (exact) mass is 319 g/mol. The number of methoxy groups -OCH3 is 1. The highest BCUT2D eigenvalue weighted by atomic mass is 16.5. The molecule has 6 nitrogen and oxygen atoms in total. The van der Waals surface area contributed by atoms with E-state index in [1.54, 1.807) is 4.90 Å². The highest BCUT2D eigenvalue weighted by molar-refractivity contribution is 5.89. The number of hydrogen-bond donors (Lipinski definition) is 2. The third-order valence-electron chi connectivity index (χ3n) is 4.08. The zero-order valence-electron chi connectivity index (χ0n) is 14.0. The van der Waals surface area contributed by atoms with Crippen LogP contribution in [-0.4, -0.2) is 43.8 Å². The van der Waals surface area contributed by atoms with Crippen LogP contribution < -0.4 is 10.6 Å². The smallest absolute Gasteiger partial charge is 0.409 e. The summed E-state index contributed by atoms with van der Waals surface area (Å²) < 4.78 is 4.72. The van der Waals surface area contributed by atoms with Crippen molar-refractivity contribution in [3.63, 3.8) is 0 Å². The Kier molecular flexibility index (Phi) is 5.84. The Bertz CT molecular complexity index is 546. The van der Waals surface area contributed by atoms with E-state index in [0.29, 0.717) is 25.6 Å². The molecule has 1 heterocycles. The number of benzene rings is 1. The minimum Gasteiger partial charge on any atom is -0.453 e. The van der Waals surface area contributed by atoms with Gasteiger partial charge >= 0.3 is 12.1 Å². The van der Waals surface area contributed by atoms with Gasteiger partial charge in [0.2, 0.25) is 0 Å². The number of nitrogens with zero attached hydrogens (tertiary/aromatic N) is 1. The molecule has 6 heteroatoms. The van der Waals surface area contributed by atoms with Gasteiger partial charge in [-0.2, -0.15) is 0 Å². The number of rotatable bonds is 3. The Morgan fingerprint density at radius 1 is 1.17 bits per heavy atom. The first-order valence-corrected chi connectivity index (χ1v) is 7.94. The first-order chi connectivity index (χ1) is 11.0. The van der Waals surface area contributed by atoms with Gasteiger partial charge < -0.3 is 20.3 Å². The van der Waals surface area contributed by atoms with E-state index in [4.69, 9.17) is 4.74 Å². The molecule has 0 unspecified atom stereocenters. The Morgan fingerprint density at radius 3 is 2.35 bits per heavy atom. The standard InChI is InChI=1S/C17H25N3O3/c1-12-8-13(2)10-15(9-12)19-16(21)18-11-14-4-6-20(7-5-14)17(22)23-3/h8-10,14H,4-7,11H2,1-3H3,(H2,18,19,21). The second kappa shape index (κ2) is 7.85. The fourth-order valence-electron chi connectivity index (χ4n) is 2.91. The van der Waals surface area contributed by atoms with Crippen LogP contribution in [0.1, 0.15) is 24.0 Å². The molecule has 1 aromatic rings. The topological polar surface area (TPSA) is 70.7 Å². The van der Waals surface area contributed by atoms with Crippen LogP contribution in [0.25, 0.3) is 0 Å². The molecule has 0 aromatic heterocycles. The molecule has 1 fully saturated rings. The molecule has 0 spiro atoms. The van der Waals surface area contributed by atoms with Crippen molar-refractivity contribution in [1.29, 1.82) is 0 Å². The SMILES string of the molecule is COC(=O)N1CCC(CNC(=O)Nc2cc(C)cc(C)c2)CC1. The summed E-state index contributed by atoms with van der Waals surface area (Å²) in [5, 5.41) is 5.78. The van der Waals surface area contributed by atoms with Crippen LogP contribution in [0.15, 0.2) is 18.2 Å². The number of likely N-dealkylation sites (tertiary alicyclic amines) is 1. The largest absolute Gasteiger partial charge is 0.453 e. The zero-order valence-corrected chi connectivity index (χ0v) is 14.0. The molecule has 0 bridgehead atoms. The maximum absolute atomic E-state index is 12.0. The van der Waals surface area contributed by atoms with Gasteiger partial charge in [-0.3, -0.25) is 0 Å². The van der Waals surface area contributed by atoms with Crippen molar-refractivity contribution in [2.24, 2.45) is 5.92 Å². The number of carbonyl (C=O) groups excluding carboxylic acids is 2. The van der Waals surface area contributed by atoms with Gasteiger partial charge in [0.15, 0.2) is 0 Å². The highest BCUT2D eigenvalue weighted by Crippen LogP contribution is 2.17. The van der Waals surface area contributed by atoms with Crippen LogP contribution in [0, 0.1) is 19.8 Å². The minimum absolute atomic E-state index is 0.189. The van der Waals surface area contributed by atoms with Crippen LogP contribution >= 0.6 is 0 Å². The highest BCUT2D eigenvalue weighted by Gasteiger charge is 2.23. The van der Waals surface area contributed by atoms with Crippen molar-refractivity contribution in [3.8, 4) is 0 Å². The van der Waals surface area contributed by atoms with E-state index < -0.39 is 0 Å². The van der Waals surface area contributed by atoms with Crippen molar-refractivity contribution in [2.75, 3.05) is 32.1 Å². The second-order valence-corrected chi connectivity index (χ2v) is 6.11. The minimum atomic E-state index is -0.274. The van der Waals surface area contributed by atoms with E-state index in [9.17, 15) is 9.59 Å². The van der Waals surface area contributed by atoms with Gasteiger partial charge in [-0.1, -0.05) is 6.07 Å². The lowest BCUT2D eigenvalue weighted by Crippen LogP contribution is -2.42. The molecule has 0 atom stereocenters. The van der Waals surface area contributed by atoms with Crippen LogP contribution in [0.5, 0.6) is 0 Å². The number of ether oxygens (including phenoxy) is 1. The van der Waals surface area contributed by atoms with Crippen LogP contribution in [0.4, 0.5) is 15.3 Å². The number of amides is 3. The van der Waals surface area contributed by atoms with Gasteiger partial charge in [-0.05, 0) is 55.9 Å². The number of aryl methyl sites for hydroxylation is 2. The van der Waals surface area contributed by atoms with Gasteiger partial charge in [-0.15, -0.1) is 0 Å². The van der Waals surface area contributed by atoms with Crippen molar-refractivity contribution < 1.29 is 14.3 Å². The normalized spacial score (nSPS) is 15.2. The lowest BCUT2D eigenvalue weighted by molar-refractivity contribution is 0.106. The maximum atomic E-state index is 12.0. The summed E-state index contributed by atoms with van der Waals surface area (Å²) in [5.41, 5.74) is 3.05. The van der Waals surface area contributed by atoms with E-state index in [-0.39, 0.29) is 12.1 Å². The molecule has 1 aromatic carbocycles. The first-order valence-electron chi connectivity index (χ1n) is 7.94. The lowest BCUT2D eigenvalue weighted by atomic mass is 9.97. The zero-order chi connectivity index (χ0) is 16.8. The van der Waals surface area contributed by atoms with Gasteiger partial charge in [0.1, 0.15) is 0 Å². The lowest BCUT2D eigenvalue weighted by Gasteiger charge is -2.30. The average Bonchev–Trinajstić information content (AvgIpc) is 2.51. The quantitative estimate of drug-likeness (QED) is 0.900. The average molecular weight is 319 g/mol. The molecule has 1 aliphatic heterocycles. The maximum Gasteiger partial charge on any atom is 0.409 e. The molecule has 1 saturated heterocycles. The van der Waals surface area contributed by atoms with Crippen molar-refractivity contribution in [2.45, 2.75) is 26.7 Å². The Labute approximate surface area is 137 Å². The number of carbonyl (C=O) groups is 2. The van der Waals surface area contributed by atoms with E-state index >= 15 is 0 Å². The number of urea groups is 1. The molecule has 0 saturated carbocycles. The summed E-state index contributed by atoms with van der Waals surface area (Å²) >= 11 is 0. The molecule has 2 N–H and O–H groups in total. The van der Waals surface area contributed by atoms with Gasteiger partial charge in [0.05, 0.1) is 7.11 Å². The summed E-state index contributed by atoms with van der Waals surface area (Å²) in [6.45, 7) is 5.98. The number of nitrogens with one attached hydrogen (secondary N) is 2. The van der Waals surface area contributed by atoms with E-state index in [0.717, 1.165) is 29.7 Å². The Balaban J connectivity index is 1.74. The third kappa shape index (κ3) is 5.16. The van der Waals surface area contributed by atoms with E-state index in [1.165, 1.54) is 7.11 Å². The fourth-order valence-corrected chi connectivity index (χ4v) is 2.91. The second-order valence-electron chi connectivity index (χ2n) is 6.11. The van der Waals surface area contributed by atoms with Crippen molar-refractivity contribution in [3.05, 3.63) is 29.3 Å². The fraction of sp³-hybridized carbons (Fsp3) is 0.529. The molecule has 2 rings (SSSR count). The first kappa shape index (κ1) is 17.1. The van der Waals surface area contributed by atoms with Crippen molar-refractivity contribution >= 4 is 17.8 Å². The summed E-state index contributed by atoms with van der Waals surface area (Å²) in [7, 11) is 1.40. The van der Waals surface area contributed by atoms with Crippen molar-refractivity contribution in [1.82, 2.24) is 10.2 Å². The van der Waals surface area contributed by atoms with Gasteiger partial charge in [0.25, 0.3) is 0 Å². The summed E-state index contributed by atoms with van der Waals surface area (Å²) in [5.74, 6) is 0.390. The Hall–Kier alpha value is -2.24. The van der Waals surface area contributed by atoms with E-state index in [2.05, 4.69) is 16.7 Å². The molecule has 1 aliphatic rings. The van der Waals surface area contributed by atoms with Crippen LogP contribution in [-0.2, 0) is 4.74 Å². The molecular weight excluding hydrogens is 294 g/mol. The molecule has 3 amide bonds. The third-order valence-corrected chi connectivity index (χ3v) is 4.08. The van der Waals surface area contributed by atoms with Gasteiger partial charge in [0, 0.05) is 25.3 Å². The van der Waals surface area contributed by atoms with Crippen LogP contribution in [0.3, 0.4) is 0 Å². The number of hydrogen-bond acceptors (Lipinski definition) is 3.